The van der Waals surface area contributed by atoms with Crippen LogP contribution < -0.4 is 9.64 Å². The van der Waals surface area contributed by atoms with Crippen molar-refractivity contribution >= 4 is 17.5 Å². The van der Waals surface area contributed by atoms with Crippen LogP contribution in [0.4, 0.5) is 5.69 Å². The lowest BCUT2D eigenvalue weighted by atomic mass is 10.0. The molecule has 0 aliphatic carbocycles. The van der Waals surface area contributed by atoms with Crippen molar-refractivity contribution in [3.05, 3.63) is 65.2 Å². The average molecular weight is 335 g/mol. The van der Waals surface area contributed by atoms with Gasteiger partial charge in [0.05, 0.1) is 19.8 Å². The highest BCUT2D eigenvalue weighted by Crippen LogP contribution is 2.26. The van der Waals surface area contributed by atoms with E-state index in [1.165, 1.54) is 5.69 Å². The predicted molar refractivity (Wildman–Crippen MR) is 98.5 cm³/mol. The molecule has 25 heavy (non-hydrogen) atoms. The van der Waals surface area contributed by atoms with Crippen LogP contribution in [0.3, 0.4) is 0 Å². The van der Waals surface area contributed by atoms with Gasteiger partial charge in [0.1, 0.15) is 5.75 Å². The zero-order chi connectivity index (χ0) is 17.1. The summed E-state index contributed by atoms with van der Waals surface area (Å²) in [7, 11) is 0. The zero-order valence-electron chi connectivity index (χ0n) is 14.1. The van der Waals surface area contributed by atoms with Crippen molar-refractivity contribution in [3.8, 4) is 5.75 Å². The van der Waals surface area contributed by atoms with E-state index in [1.54, 1.807) is 6.08 Å². The monoisotopic (exact) mass is 335 g/mol. The number of carbonyl (C=O) groups is 1. The van der Waals surface area contributed by atoms with E-state index in [-0.39, 0.29) is 5.78 Å². The Morgan fingerprint density at radius 2 is 1.80 bits per heavy atom. The molecule has 0 aromatic heterocycles. The number of hydrogen-bond donors (Lipinski definition) is 0. The summed E-state index contributed by atoms with van der Waals surface area (Å²) in [6.07, 6.45) is 4.39. The third kappa shape index (κ3) is 3.59. The first-order chi connectivity index (χ1) is 12.3. The fourth-order valence-electron chi connectivity index (χ4n) is 3.23. The van der Waals surface area contributed by atoms with E-state index < -0.39 is 0 Å². The number of benzene rings is 2. The van der Waals surface area contributed by atoms with Crippen LogP contribution in [0.5, 0.6) is 5.75 Å². The molecule has 1 fully saturated rings. The van der Waals surface area contributed by atoms with Crippen molar-refractivity contribution in [1.29, 1.82) is 0 Å². The normalized spacial score (nSPS) is 16.7. The highest BCUT2D eigenvalue weighted by Gasteiger charge is 2.14. The van der Waals surface area contributed by atoms with Gasteiger partial charge in [-0.15, -0.1) is 0 Å². The van der Waals surface area contributed by atoms with Crippen molar-refractivity contribution in [2.75, 3.05) is 37.8 Å². The summed E-state index contributed by atoms with van der Waals surface area (Å²) in [5.74, 6) is 0.922. The topological polar surface area (TPSA) is 38.8 Å². The van der Waals surface area contributed by atoms with Crippen LogP contribution >= 0.6 is 0 Å². The Bertz CT molecular complexity index is 789. The quantitative estimate of drug-likeness (QED) is 0.634. The summed E-state index contributed by atoms with van der Waals surface area (Å²) in [5.41, 5.74) is 4.06. The van der Waals surface area contributed by atoms with Crippen LogP contribution in [0.25, 0.3) is 6.08 Å². The molecule has 4 rings (SSSR count). The molecule has 0 N–H and O–H groups in total. The lowest BCUT2D eigenvalue weighted by Gasteiger charge is -2.28. The third-order valence-electron chi connectivity index (χ3n) is 4.67. The highest BCUT2D eigenvalue weighted by atomic mass is 16.5. The molecule has 2 heterocycles. The van der Waals surface area contributed by atoms with E-state index >= 15 is 0 Å². The second-order valence-electron chi connectivity index (χ2n) is 6.31. The molecule has 0 unspecified atom stereocenters. The Labute approximate surface area is 147 Å². The smallest absolute Gasteiger partial charge is 0.185 e. The number of nitrogens with zero attached hydrogens (tertiary/aromatic N) is 1. The van der Waals surface area contributed by atoms with Gasteiger partial charge in [0.25, 0.3) is 0 Å². The van der Waals surface area contributed by atoms with Crippen molar-refractivity contribution in [3.63, 3.8) is 0 Å². The Morgan fingerprint density at radius 1 is 1.00 bits per heavy atom. The summed E-state index contributed by atoms with van der Waals surface area (Å²) in [6.45, 7) is 4.12. The zero-order valence-corrected chi connectivity index (χ0v) is 14.1. The molecule has 128 valence electrons. The van der Waals surface area contributed by atoms with Crippen molar-refractivity contribution in [1.82, 2.24) is 0 Å². The van der Waals surface area contributed by atoms with Crippen LogP contribution in [-0.4, -0.2) is 38.7 Å². The maximum Gasteiger partial charge on any atom is 0.185 e. The van der Waals surface area contributed by atoms with Gasteiger partial charge < -0.3 is 14.4 Å². The van der Waals surface area contributed by atoms with E-state index in [0.717, 1.165) is 49.6 Å². The van der Waals surface area contributed by atoms with Crippen molar-refractivity contribution in [2.24, 2.45) is 0 Å². The first kappa shape index (κ1) is 15.9. The fraction of sp³-hybridized carbons (Fsp3) is 0.286. The molecule has 2 aromatic rings. The molecule has 0 atom stereocenters. The number of allylic oxidation sites excluding steroid dienone is 1. The molecule has 0 amide bonds. The van der Waals surface area contributed by atoms with Gasteiger partial charge in [0.2, 0.25) is 0 Å². The molecule has 2 aliphatic rings. The Hall–Kier alpha value is -2.59. The third-order valence-corrected chi connectivity index (χ3v) is 4.67. The van der Waals surface area contributed by atoms with Crippen molar-refractivity contribution in [2.45, 2.75) is 6.42 Å². The van der Waals surface area contributed by atoms with E-state index in [1.807, 2.05) is 36.4 Å². The number of morpholine rings is 1. The van der Waals surface area contributed by atoms with Crippen LogP contribution in [0.2, 0.25) is 0 Å². The summed E-state index contributed by atoms with van der Waals surface area (Å²) in [6, 6.07) is 14.0. The van der Waals surface area contributed by atoms with Gasteiger partial charge in [0.15, 0.2) is 5.78 Å². The second-order valence-corrected chi connectivity index (χ2v) is 6.31. The van der Waals surface area contributed by atoms with Crippen LogP contribution in [0, 0.1) is 0 Å². The summed E-state index contributed by atoms with van der Waals surface area (Å²) in [5, 5.41) is 0. The van der Waals surface area contributed by atoms with E-state index in [4.69, 9.17) is 9.47 Å². The number of hydrogen-bond acceptors (Lipinski definition) is 4. The Balaban J connectivity index is 1.43. The summed E-state index contributed by atoms with van der Waals surface area (Å²) in [4.78, 5) is 14.7. The SMILES string of the molecule is O=C(C=Cc1ccc(N2CCOCC2)cc1)c1ccc2c(c1)CCO2. The minimum atomic E-state index is 0.0203. The fourth-order valence-corrected chi connectivity index (χ4v) is 3.23. The first-order valence-electron chi connectivity index (χ1n) is 8.70. The minimum absolute atomic E-state index is 0.0203. The molecule has 0 spiro atoms. The lowest BCUT2D eigenvalue weighted by molar-refractivity contribution is 0.104. The first-order valence-corrected chi connectivity index (χ1v) is 8.70. The van der Waals surface area contributed by atoms with Gasteiger partial charge in [-0.05, 0) is 47.5 Å². The highest BCUT2D eigenvalue weighted by molar-refractivity contribution is 6.07. The minimum Gasteiger partial charge on any atom is -0.493 e. The molecular weight excluding hydrogens is 314 g/mol. The standard InChI is InChI=1S/C21H21NO3/c23-20(17-4-8-21-18(15-17)9-12-25-21)7-3-16-1-5-19(6-2-16)22-10-13-24-14-11-22/h1-8,15H,9-14H2. The van der Waals surface area contributed by atoms with Gasteiger partial charge in [-0.25, -0.2) is 0 Å². The molecule has 4 heteroatoms. The van der Waals surface area contributed by atoms with Gasteiger partial charge in [-0.1, -0.05) is 18.2 Å². The number of rotatable bonds is 4. The molecule has 4 nitrogen and oxygen atoms in total. The maximum atomic E-state index is 12.4. The lowest BCUT2D eigenvalue weighted by Crippen LogP contribution is -2.36. The van der Waals surface area contributed by atoms with Gasteiger partial charge in [-0.2, -0.15) is 0 Å². The molecular formula is C21H21NO3. The average Bonchev–Trinajstić information content (AvgIpc) is 3.15. The Kier molecular flexibility index (Phi) is 4.53. The van der Waals surface area contributed by atoms with Gasteiger partial charge >= 0.3 is 0 Å². The van der Waals surface area contributed by atoms with E-state index in [9.17, 15) is 4.79 Å². The van der Waals surface area contributed by atoms with Crippen molar-refractivity contribution < 1.29 is 14.3 Å². The van der Waals surface area contributed by atoms with Gasteiger partial charge in [-0.3, -0.25) is 4.79 Å². The molecule has 0 radical (unpaired) electrons. The van der Waals surface area contributed by atoms with E-state index in [0.29, 0.717) is 12.2 Å². The van der Waals surface area contributed by atoms with Crippen LogP contribution in [0.15, 0.2) is 48.5 Å². The summed E-state index contributed by atoms with van der Waals surface area (Å²) < 4.78 is 10.9. The number of carbonyl (C=O) groups excluding carboxylic acids is 1. The molecule has 0 bridgehead atoms. The summed E-state index contributed by atoms with van der Waals surface area (Å²) >= 11 is 0. The van der Waals surface area contributed by atoms with Gasteiger partial charge in [0, 0.05) is 30.8 Å². The molecule has 0 saturated carbocycles. The predicted octanol–water partition coefficient (Wildman–Crippen LogP) is 3.35. The molecule has 2 aromatic carbocycles. The number of ketones is 1. The maximum absolute atomic E-state index is 12.4. The van der Waals surface area contributed by atoms with E-state index in [2.05, 4.69) is 17.0 Å². The van der Waals surface area contributed by atoms with Crippen LogP contribution in [0.1, 0.15) is 21.5 Å². The molecule has 1 saturated heterocycles. The Morgan fingerprint density at radius 3 is 2.60 bits per heavy atom. The number of ether oxygens (including phenoxy) is 2. The van der Waals surface area contributed by atoms with Crippen LogP contribution in [-0.2, 0) is 11.2 Å². The largest absolute Gasteiger partial charge is 0.493 e. The number of fused-ring (bicyclic) bond motifs is 1. The second kappa shape index (κ2) is 7.11. The molecule has 2 aliphatic heterocycles. The number of anilines is 1.